The van der Waals surface area contributed by atoms with E-state index >= 15 is 0 Å². The number of anilines is 1. The minimum atomic E-state index is 0.516. The monoisotopic (exact) mass is 272 g/mol. The number of aromatic nitrogens is 3. The van der Waals surface area contributed by atoms with Gasteiger partial charge in [-0.15, -0.1) is 5.10 Å². The SMILES string of the molecule is Cc1ccn2nc(NC3CCCCC3C(C)C)nc2c1. The molecule has 0 aliphatic heterocycles. The summed E-state index contributed by atoms with van der Waals surface area (Å²) in [4.78, 5) is 4.60. The van der Waals surface area contributed by atoms with Gasteiger partial charge < -0.3 is 5.32 Å². The molecule has 1 saturated carbocycles. The van der Waals surface area contributed by atoms with Gasteiger partial charge in [-0.05, 0) is 49.3 Å². The van der Waals surface area contributed by atoms with Gasteiger partial charge in [-0.25, -0.2) is 4.52 Å². The average molecular weight is 272 g/mol. The van der Waals surface area contributed by atoms with Gasteiger partial charge in [-0.1, -0.05) is 26.7 Å². The molecule has 2 atom stereocenters. The maximum Gasteiger partial charge on any atom is 0.243 e. The first-order valence-electron chi connectivity index (χ1n) is 7.73. The van der Waals surface area contributed by atoms with Gasteiger partial charge in [0.05, 0.1) is 0 Å². The zero-order valence-electron chi connectivity index (χ0n) is 12.6. The molecule has 0 spiro atoms. The van der Waals surface area contributed by atoms with Crippen LogP contribution in [0.4, 0.5) is 5.95 Å². The average Bonchev–Trinajstić information content (AvgIpc) is 2.80. The fourth-order valence-corrected chi connectivity index (χ4v) is 3.35. The standard InChI is InChI=1S/C16H24N4/c1-11(2)13-6-4-5-7-14(13)17-16-18-15-10-12(3)8-9-20(15)19-16/h8-11,13-14H,4-7H2,1-3H3,(H,17,19). The Labute approximate surface area is 120 Å². The molecule has 0 radical (unpaired) electrons. The lowest BCUT2D eigenvalue weighted by Gasteiger charge is -2.34. The van der Waals surface area contributed by atoms with Crippen LogP contribution >= 0.6 is 0 Å². The van der Waals surface area contributed by atoms with Crippen molar-refractivity contribution in [3.63, 3.8) is 0 Å². The molecule has 4 nitrogen and oxygen atoms in total. The summed E-state index contributed by atoms with van der Waals surface area (Å²) >= 11 is 0. The molecule has 1 aliphatic rings. The van der Waals surface area contributed by atoms with Crippen LogP contribution in [0.3, 0.4) is 0 Å². The number of pyridine rings is 1. The van der Waals surface area contributed by atoms with Crippen LogP contribution in [-0.2, 0) is 0 Å². The summed E-state index contributed by atoms with van der Waals surface area (Å²) < 4.78 is 1.85. The van der Waals surface area contributed by atoms with Crippen molar-refractivity contribution in [2.24, 2.45) is 11.8 Å². The van der Waals surface area contributed by atoms with E-state index in [0.717, 1.165) is 17.5 Å². The highest BCUT2D eigenvalue weighted by Gasteiger charge is 2.28. The van der Waals surface area contributed by atoms with Crippen molar-refractivity contribution >= 4 is 11.6 Å². The molecule has 0 amide bonds. The van der Waals surface area contributed by atoms with Gasteiger partial charge in [0.15, 0.2) is 5.65 Å². The summed E-state index contributed by atoms with van der Waals surface area (Å²) in [6.07, 6.45) is 7.20. The van der Waals surface area contributed by atoms with Crippen LogP contribution in [0.2, 0.25) is 0 Å². The fourth-order valence-electron chi connectivity index (χ4n) is 3.35. The van der Waals surface area contributed by atoms with Crippen molar-refractivity contribution in [1.82, 2.24) is 14.6 Å². The van der Waals surface area contributed by atoms with Crippen LogP contribution in [0.15, 0.2) is 18.3 Å². The number of rotatable bonds is 3. The smallest absolute Gasteiger partial charge is 0.243 e. The molecule has 1 fully saturated rings. The van der Waals surface area contributed by atoms with Crippen molar-refractivity contribution in [1.29, 1.82) is 0 Å². The number of aryl methyl sites for hydroxylation is 1. The molecular formula is C16H24N4. The Bertz CT molecular complexity index is 587. The Balaban J connectivity index is 1.80. The third-order valence-electron chi connectivity index (χ3n) is 4.48. The lowest BCUT2D eigenvalue weighted by Crippen LogP contribution is -2.35. The summed E-state index contributed by atoms with van der Waals surface area (Å²) in [7, 11) is 0. The molecule has 20 heavy (non-hydrogen) atoms. The van der Waals surface area contributed by atoms with Crippen molar-refractivity contribution in [2.75, 3.05) is 5.32 Å². The van der Waals surface area contributed by atoms with Gasteiger partial charge in [0, 0.05) is 12.2 Å². The number of hydrogen-bond donors (Lipinski definition) is 1. The van der Waals surface area contributed by atoms with E-state index < -0.39 is 0 Å². The quantitative estimate of drug-likeness (QED) is 0.927. The third kappa shape index (κ3) is 2.65. The van der Waals surface area contributed by atoms with Crippen LogP contribution in [0, 0.1) is 18.8 Å². The third-order valence-corrected chi connectivity index (χ3v) is 4.48. The Kier molecular flexibility index (Phi) is 3.64. The first kappa shape index (κ1) is 13.4. The molecule has 2 aromatic rings. The molecule has 3 rings (SSSR count). The second-order valence-corrected chi connectivity index (χ2v) is 6.39. The number of nitrogens with zero attached hydrogens (tertiary/aromatic N) is 3. The molecule has 0 saturated heterocycles. The van der Waals surface area contributed by atoms with Crippen LogP contribution in [-0.4, -0.2) is 20.6 Å². The summed E-state index contributed by atoms with van der Waals surface area (Å²) in [6, 6.07) is 4.64. The normalized spacial score (nSPS) is 23.4. The van der Waals surface area contributed by atoms with Crippen molar-refractivity contribution in [3.8, 4) is 0 Å². The van der Waals surface area contributed by atoms with Crippen LogP contribution in [0.25, 0.3) is 5.65 Å². The Hall–Kier alpha value is -1.58. The molecule has 0 aromatic carbocycles. The predicted octanol–water partition coefficient (Wildman–Crippen LogP) is 3.66. The van der Waals surface area contributed by atoms with Crippen LogP contribution in [0.5, 0.6) is 0 Å². The maximum atomic E-state index is 4.60. The molecule has 2 aromatic heterocycles. The molecule has 108 valence electrons. The lowest BCUT2D eigenvalue weighted by molar-refractivity contribution is 0.253. The van der Waals surface area contributed by atoms with Crippen LogP contribution < -0.4 is 5.32 Å². The van der Waals surface area contributed by atoms with Crippen molar-refractivity contribution in [3.05, 3.63) is 23.9 Å². The second kappa shape index (κ2) is 5.43. The van der Waals surface area contributed by atoms with E-state index in [1.165, 1.54) is 31.2 Å². The fraction of sp³-hybridized carbons (Fsp3) is 0.625. The van der Waals surface area contributed by atoms with Gasteiger partial charge in [-0.2, -0.15) is 4.98 Å². The Morgan fingerprint density at radius 1 is 1.30 bits per heavy atom. The van der Waals surface area contributed by atoms with E-state index in [0.29, 0.717) is 12.0 Å². The molecule has 2 heterocycles. The van der Waals surface area contributed by atoms with Gasteiger partial charge in [0.1, 0.15) is 0 Å². The number of fused-ring (bicyclic) bond motifs is 1. The van der Waals surface area contributed by atoms with Crippen molar-refractivity contribution < 1.29 is 0 Å². The second-order valence-electron chi connectivity index (χ2n) is 6.39. The van der Waals surface area contributed by atoms with E-state index in [2.05, 4.69) is 48.3 Å². The Morgan fingerprint density at radius 2 is 2.10 bits per heavy atom. The highest BCUT2D eigenvalue weighted by atomic mass is 15.3. The summed E-state index contributed by atoms with van der Waals surface area (Å²) in [5.41, 5.74) is 2.14. The van der Waals surface area contributed by atoms with Gasteiger partial charge in [-0.3, -0.25) is 0 Å². The lowest BCUT2D eigenvalue weighted by atomic mass is 9.78. The van der Waals surface area contributed by atoms with Gasteiger partial charge in [0.2, 0.25) is 5.95 Å². The van der Waals surface area contributed by atoms with E-state index in [-0.39, 0.29) is 0 Å². The molecule has 1 N–H and O–H groups in total. The summed E-state index contributed by atoms with van der Waals surface area (Å²) in [5.74, 6) is 2.22. The Morgan fingerprint density at radius 3 is 2.90 bits per heavy atom. The van der Waals surface area contributed by atoms with Gasteiger partial charge in [0.25, 0.3) is 0 Å². The summed E-state index contributed by atoms with van der Waals surface area (Å²) in [6.45, 7) is 6.73. The van der Waals surface area contributed by atoms with E-state index in [4.69, 9.17) is 0 Å². The zero-order valence-corrected chi connectivity index (χ0v) is 12.6. The molecule has 2 unspecified atom stereocenters. The zero-order chi connectivity index (χ0) is 14.1. The minimum absolute atomic E-state index is 0.516. The largest absolute Gasteiger partial charge is 0.350 e. The topological polar surface area (TPSA) is 42.2 Å². The summed E-state index contributed by atoms with van der Waals surface area (Å²) in [5, 5.41) is 8.11. The van der Waals surface area contributed by atoms with E-state index in [1.807, 2.05) is 10.7 Å². The highest BCUT2D eigenvalue weighted by Crippen LogP contribution is 2.31. The number of nitrogens with one attached hydrogen (secondary N) is 1. The first-order chi connectivity index (χ1) is 9.63. The number of hydrogen-bond acceptors (Lipinski definition) is 3. The molecular weight excluding hydrogens is 248 g/mol. The minimum Gasteiger partial charge on any atom is -0.350 e. The maximum absolute atomic E-state index is 4.60. The molecule has 1 aliphatic carbocycles. The highest BCUT2D eigenvalue weighted by molar-refractivity contribution is 5.45. The molecule has 0 bridgehead atoms. The molecule has 4 heteroatoms. The van der Waals surface area contributed by atoms with Crippen molar-refractivity contribution in [2.45, 2.75) is 52.5 Å². The van der Waals surface area contributed by atoms with Gasteiger partial charge >= 0.3 is 0 Å². The van der Waals surface area contributed by atoms with E-state index in [9.17, 15) is 0 Å². The first-order valence-corrected chi connectivity index (χ1v) is 7.73. The predicted molar refractivity (Wildman–Crippen MR) is 81.9 cm³/mol. The van der Waals surface area contributed by atoms with Crippen LogP contribution in [0.1, 0.15) is 45.1 Å². The van der Waals surface area contributed by atoms with E-state index in [1.54, 1.807) is 0 Å².